The largest absolute Gasteiger partial charge is 0.496 e. The Morgan fingerprint density at radius 2 is 1.77 bits per heavy atom. The van der Waals surface area contributed by atoms with Crippen molar-refractivity contribution in [3.05, 3.63) is 70.6 Å². The lowest BCUT2D eigenvalue weighted by atomic mass is 10.1. The zero-order chi connectivity index (χ0) is 19.4. The summed E-state index contributed by atoms with van der Waals surface area (Å²) < 4.78 is 68.6. The van der Waals surface area contributed by atoms with E-state index in [9.17, 15) is 26.4 Å². The number of methoxy groups -OCH3 is 1. The van der Waals surface area contributed by atoms with Crippen LogP contribution in [0.25, 0.3) is 6.08 Å². The van der Waals surface area contributed by atoms with Gasteiger partial charge in [-0.3, -0.25) is 4.79 Å². The Balaban J connectivity index is 2.22. The molecule has 0 spiro atoms. The fraction of sp³-hybridized carbons (Fsp3) is 0.118. The Morgan fingerprint density at radius 3 is 2.35 bits per heavy atom. The number of rotatable bonds is 5. The van der Waals surface area contributed by atoms with Crippen LogP contribution in [0, 0.1) is 0 Å². The molecule has 0 bridgehead atoms. The van der Waals surface area contributed by atoms with Crippen LogP contribution in [0.3, 0.4) is 0 Å². The average Bonchev–Trinajstić information content (AvgIpc) is 2.59. The molecule has 9 heteroatoms. The van der Waals surface area contributed by atoms with Crippen molar-refractivity contribution in [2.75, 3.05) is 7.11 Å². The number of hydrogen-bond acceptors (Lipinski definition) is 4. The van der Waals surface area contributed by atoms with E-state index < -0.39 is 27.7 Å². The highest BCUT2D eigenvalue weighted by atomic mass is 32.2. The van der Waals surface area contributed by atoms with Crippen LogP contribution in [0.1, 0.15) is 21.5 Å². The summed E-state index contributed by atoms with van der Waals surface area (Å²) in [7, 11) is -3.07. The molecule has 5 nitrogen and oxygen atoms in total. The molecule has 1 N–H and O–H groups in total. The second-order valence-corrected chi connectivity index (χ2v) is 6.67. The highest BCUT2D eigenvalue weighted by molar-refractivity contribution is 7.93. The number of benzene rings is 2. The lowest BCUT2D eigenvalue weighted by Crippen LogP contribution is -2.29. The van der Waals surface area contributed by atoms with Crippen LogP contribution >= 0.6 is 0 Å². The number of ether oxygens (including phenoxy) is 1. The zero-order valence-electron chi connectivity index (χ0n) is 13.4. The van der Waals surface area contributed by atoms with Gasteiger partial charge in [-0.2, -0.15) is 13.2 Å². The Labute approximate surface area is 148 Å². The molecule has 0 radical (unpaired) electrons. The molecule has 0 aliphatic carbocycles. The maximum absolute atomic E-state index is 12.7. The molecule has 0 atom stereocenters. The van der Waals surface area contributed by atoms with Gasteiger partial charge in [0.1, 0.15) is 5.75 Å². The topological polar surface area (TPSA) is 72.5 Å². The van der Waals surface area contributed by atoms with E-state index in [4.69, 9.17) is 4.74 Å². The van der Waals surface area contributed by atoms with Crippen molar-refractivity contribution in [3.63, 3.8) is 0 Å². The van der Waals surface area contributed by atoms with Crippen molar-refractivity contribution in [2.24, 2.45) is 0 Å². The number of hydrogen-bond donors (Lipinski definition) is 1. The summed E-state index contributed by atoms with van der Waals surface area (Å²) >= 11 is 0. The van der Waals surface area contributed by atoms with Gasteiger partial charge in [-0.05, 0) is 29.8 Å². The number of sulfonamides is 1. The molecular weight excluding hydrogens is 371 g/mol. The van der Waals surface area contributed by atoms with Gasteiger partial charge >= 0.3 is 6.18 Å². The first kappa shape index (κ1) is 19.5. The van der Waals surface area contributed by atoms with Gasteiger partial charge in [-0.25, -0.2) is 13.1 Å². The molecule has 0 saturated carbocycles. The van der Waals surface area contributed by atoms with E-state index in [1.54, 1.807) is 35.1 Å². The van der Waals surface area contributed by atoms with Crippen LogP contribution in [-0.2, 0) is 16.2 Å². The monoisotopic (exact) mass is 385 g/mol. The molecule has 0 aliphatic rings. The van der Waals surface area contributed by atoms with Crippen LogP contribution in [0.5, 0.6) is 5.75 Å². The quantitative estimate of drug-likeness (QED) is 0.856. The third-order valence-corrected chi connectivity index (χ3v) is 4.21. The van der Waals surface area contributed by atoms with Crippen LogP contribution < -0.4 is 9.46 Å². The van der Waals surface area contributed by atoms with Crippen molar-refractivity contribution in [3.8, 4) is 5.75 Å². The van der Waals surface area contributed by atoms with Gasteiger partial charge < -0.3 is 4.74 Å². The van der Waals surface area contributed by atoms with Crippen molar-refractivity contribution in [1.82, 2.24) is 4.72 Å². The SMILES string of the molecule is COc1cc(C(F)(F)F)ccc1C(=O)NS(=O)(=O)/C=C/c1ccccc1. The summed E-state index contributed by atoms with van der Waals surface area (Å²) in [5.74, 6) is -1.49. The minimum atomic E-state index is -4.62. The van der Waals surface area contributed by atoms with Crippen molar-refractivity contribution in [2.45, 2.75) is 6.18 Å². The summed E-state index contributed by atoms with van der Waals surface area (Å²) in [6.45, 7) is 0. The molecular formula is C17H14F3NO4S. The molecule has 0 unspecified atom stereocenters. The third kappa shape index (κ3) is 5.09. The molecule has 0 fully saturated rings. The lowest BCUT2D eigenvalue weighted by molar-refractivity contribution is -0.137. The predicted octanol–water partition coefficient (Wildman–Crippen LogP) is 3.44. The summed E-state index contributed by atoms with van der Waals surface area (Å²) in [5.41, 5.74) is -0.757. The molecule has 26 heavy (non-hydrogen) atoms. The third-order valence-electron chi connectivity index (χ3n) is 3.25. The van der Waals surface area contributed by atoms with Crippen molar-refractivity contribution >= 4 is 22.0 Å². The molecule has 2 aromatic rings. The molecule has 0 saturated heterocycles. The Morgan fingerprint density at radius 1 is 1.12 bits per heavy atom. The normalized spacial score (nSPS) is 12.2. The van der Waals surface area contributed by atoms with E-state index in [1.807, 2.05) is 0 Å². The minimum Gasteiger partial charge on any atom is -0.496 e. The highest BCUT2D eigenvalue weighted by Crippen LogP contribution is 2.33. The van der Waals surface area contributed by atoms with E-state index in [0.717, 1.165) is 18.6 Å². The maximum atomic E-state index is 12.7. The first-order chi connectivity index (χ1) is 12.1. The predicted molar refractivity (Wildman–Crippen MR) is 89.9 cm³/mol. The maximum Gasteiger partial charge on any atom is 0.416 e. The molecule has 2 aromatic carbocycles. The minimum absolute atomic E-state index is 0.336. The summed E-state index contributed by atoms with van der Waals surface area (Å²) in [4.78, 5) is 12.1. The second kappa shape index (κ2) is 7.61. The van der Waals surface area contributed by atoms with Gasteiger partial charge in [0.15, 0.2) is 0 Å². The van der Waals surface area contributed by atoms with Crippen LogP contribution in [0.2, 0.25) is 0 Å². The number of carbonyl (C=O) groups is 1. The Kier molecular flexibility index (Phi) is 5.71. The fourth-order valence-electron chi connectivity index (χ4n) is 2.01. The smallest absolute Gasteiger partial charge is 0.416 e. The first-order valence-corrected chi connectivity index (χ1v) is 8.72. The lowest BCUT2D eigenvalue weighted by Gasteiger charge is -2.12. The molecule has 0 aromatic heterocycles. The molecule has 1 amide bonds. The highest BCUT2D eigenvalue weighted by Gasteiger charge is 2.32. The number of carbonyl (C=O) groups excluding carboxylic acids is 1. The summed E-state index contributed by atoms with van der Waals surface area (Å²) in [6, 6.07) is 10.6. The number of nitrogens with one attached hydrogen (secondary N) is 1. The van der Waals surface area contributed by atoms with Gasteiger partial charge in [0.2, 0.25) is 0 Å². The van der Waals surface area contributed by atoms with E-state index in [2.05, 4.69) is 0 Å². The van der Waals surface area contributed by atoms with E-state index in [-0.39, 0.29) is 11.3 Å². The summed E-state index contributed by atoms with van der Waals surface area (Å²) in [6.07, 6.45) is -3.34. The number of amides is 1. The average molecular weight is 385 g/mol. The zero-order valence-corrected chi connectivity index (χ0v) is 14.3. The summed E-state index contributed by atoms with van der Waals surface area (Å²) in [5, 5.41) is 0.788. The van der Waals surface area contributed by atoms with E-state index in [0.29, 0.717) is 17.7 Å². The van der Waals surface area contributed by atoms with Gasteiger partial charge in [0.25, 0.3) is 15.9 Å². The van der Waals surface area contributed by atoms with Gasteiger partial charge in [-0.15, -0.1) is 0 Å². The fourth-order valence-corrected chi connectivity index (χ4v) is 2.78. The molecule has 0 aliphatic heterocycles. The molecule has 2 rings (SSSR count). The van der Waals surface area contributed by atoms with Crippen LogP contribution in [0.4, 0.5) is 13.2 Å². The number of halogens is 3. The van der Waals surface area contributed by atoms with Crippen LogP contribution in [0.15, 0.2) is 53.9 Å². The van der Waals surface area contributed by atoms with Crippen molar-refractivity contribution in [1.29, 1.82) is 0 Å². The van der Waals surface area contributed by atoms with E-state index >= 15 is 0 Å². The van der Waals surface area contributed by atoms with Gasteiger partial charge in [0, 0.05) is 0 Å². The van der Waals surface area contributed by atoms with Crippen molar-refractivity contribution < 1.29 is 31.1 Å². The van der Waals surface area contributed by atoms with Gasteiger partial charge in [-0.1, -0.05) is 30.3 Å². The molecule has 0 heterocycles. The molecule has 138 valence electrons. The van der Waals surface area contributed by atoms with Crippen LogP contribution in [-0.4, -0.2) is 21.4 Å². The second-order valence-electron chi connectivity index (χ2n) is 5.10. The van der Waals surface area contributed by atoms with Gasteiger partial charge in [0.05, 0.1) is 23.6 Å². The first-order valence-electron chi connectivity index (χ1n) is 7.18. The van der Waals surface area contributed by atoms with E-state index in [1.165, 1.54) is 6.08 Å². The number of alkyl halides is 3. The Bertz CT molecular complexity index is 923. The Hall–Kier alpha value is -2.81. The standard InChI is InChI=1S/C17H14F3NO4S/c1-25-15-11-13(17(18,19)20)7-8-14(15)16(22)21-26(23,24)10-9-12-5-3-2-4-6-12/h2-11H,1H3,(H,21,22)/b10-9+.